The fourth-order valence-electron chi connectivity index (χ4n) is 8.78. The molecule has 0 N–H and O–H groups in total. The van der Waals surface area contributed by atoms with Crippen LogP contribution in [0.1, 0.15) is 0 Å². The van der Waals surface area contributed by atoms with Crippen LogP contribution in [0, 0.1) is 0 Å². The quantitative estimate of drug-likeness (QED) is 0.160. The summed E-state index contributed by atoms with van der Waals surface area (Å²) >= 11 is 3.71. The summed E-state index contributed by atoms with van der Waals surface area (Å²) in [6, 6.07) is 78.7. The molecule has 0 aliphatic heterocycles. The van der Waals surface area contributed by atoms with Gasteiger partial charge in [0.25, 0.3) is 0 Å². The second kappa shape index (κ2) is 15.2. The van der Waals surface area contributed by atoms with Crippen molar-refractivity contribution in [2.45, 2.75) is 0 Å². The van der Waals surface area contributed by atoms with Crippen molar-refractivity contribution in [2.24, 2.45) is 0 Å². The van der Waals surface area contributed by atoms with Gasteiger partial charge >= 0.3 is 0 Å². The molecule has 0 bridgehead atoms. The first-order valence-electron chi connectivity index (χ1n) is 20.9. The van der Waals surface area contributed by atoms with E-state index in [1.165, 1.54) is 62.6 Å². The zero-order valence-corrected chi connectivity index (χ0v) is 35.1. The second-order valence-corrected chi connectivity index (χ2v) is 17.9. The number of hydrogen-bond donors (Lipinski definition) is 0. The van der Waals surface area contributed by atoms with Crippen molar-refractivity contribution in [1.29, 1.82) is 0 Å². The minimum absolute atomic E-state index is 0.695. The molecule has 4 heteroatoms. The van der Waals surface area contributed by atoms with Crippen LogP contribution in [0.15, 0.2) is 218 Å². The van der Waals surface area contributed by atoms with Crippen LogP contribution in [0.4, 0.5) is 0 Å². The fourth-order valence-corrected chi connectivity index (χ4v) is 11.1. The van der Waals surface area contributed by atoms with Crippen LogP contribution < -0.4 is 0 Å². The summed E-state index contributed by atoms with van der Waals surface area (Å²) < 4.78 is 5.19. The third kappa shape index (κ3) is 6.58. The monoisotopic (exact) mass is 824 g/mol. The molecule has 12 aromatic rings. The van der Waals surface area contributed by atoms with E-state index in [1.807, 2.05) is 28.7 Å². The Morgan fingerprint density at radius 3 is 1.52 bits per heavy atom. The largest absolute Gasteiger partial charge is 0.228 e. The number of fused-ring (bicyclic) bond motifs is 6. The number of aromatic nitrogens is 2. The van der Waals surface area contributed by atoms with Gasteiger partial charge in [-0.05, 0) is 99.1 Å². The van der Waals surface area contributed by atoms with E-state index < -0.39 is 0 Å². The van der Waals surface area contributed by atoms with Crippen LogP contribution in [0.5, 0.6) is 0 Å². The first-order chi connectivity index (χ1) is 30.7. The van der Waals surface area contributed by atoms with E-state index in [1.54, 1.807) is 0 Å². The predicted molar refractivity (Wildman–Crippen MR) is 266 cm³/mol. The first-order valence-corrected chi connectivity index (χ1v) is 22.5. The topological polar surface area (TPSA) is 25.8 Å². The number of hydrogen-bond acceptors (Lipinski definition) is 4. The van der Waals surface area contributed by atoms with Crippen molar-refractivity contribution in [2.75, 3.05) is 0 Å². The normalized spacial score (nSPS) is 11.5. The highest BCUT2D eigenvalue weighted by Crippen LogP contribution is 2.43. The summed E-state index contributed by atoms with van der Waals surface area (Å²) in [7, 11) is 0. The molecule has 290 valence electrons. The second-order valence-electron chi connectivity index (χ2n) is 15.7. The molecule has 0 atom stereocenters. The summed E-state index contributed by atoms with van der Waals surface area (Å²) in [5, 5.41) is 5.17. The van der Waals surface area contributed by atoms with E-state index in [4.69, 9.17) is 9.97 Å². The van der Waals surface area contributed by atoms with Crippen molar-refractivity contribution < 1.29 is 0 Å². The van der Waals surface area contributed by atoms with Crippen molar-refractivity contribution in [3.8, 4) is 78.4 Å². The SMILES string of the molecule is c1ccc(-c2ccc(-c3cc(-c4cc(-c5cccc(-c6ccc7sc8ccccc8c7c6)c5)nc(-c5ccccc5)n4)cc(-c4cccc5c4sc4ccccc45)c3)cc2)cc1. The van der Waals surface area contributed by atoms with Crippen LogP contribution in [0.2, 0.25) is 0 Å². The van der Waals surface area contributed by atoms with E-state index in [0.29, 0.717) is 5.82 Å². The third-order valence-corrected chi connectivity index (χ3v) is 14.3. The van der Waals surface area contributed by atoms with Gasteiger partial charge in [0.15, 0.2) is 5.82 Å². The fraction of sp³-hybridized carbons (Fsp3) is 0. The molecule has 3 heterocycles. The zero-order valence-electron chi connectivity index (χ0n) is 33.5. The molecular formula is C58H36N2S2. The van der Waals surface area contributed by atoms with Crippen molar-refractivity contribution >= 4 is 63.0 Å². The minimum atomic E-state index is 0.695. The summed E-state index contributed by atoms with van der Waals surface area (Å²) in [6.07, 6.45) is 0. The lowest BCUT2D eigenvalue weighted by Gasteiger charge is -2.14. The Labute approximate surface area is 367 Å². The molecule has 0 saturated carbocycles. The Morgan fingerprint density at radius 2 is 0.742 bits per heavy atom. The van der Waals surface area contributed by atoms with Gasteiger partial charge in [-0.1, -0.05) is 164 Å². The van der Waals surface area contributed by atoms with E-state index in [-0.39, 0.29) is 0 Å². The maximum atomic E-state index is 5.35. The highest BCUT2D eigenvalue weighted by Gasteiger charge is 2.17. The Morgan fingerprint density at radius 1 is 0.258 bits per heavy atom. The van der Waals surface area contributed by atoms with Gasteiger partial charge < -0.3 is 0 Å². The van der Waals surface area contributed by atoms with Gasteiger partial charge in [0.05, 0.1) is 11.4 Å². The Kier molecular flexibility index (Phi) is 8.91. The number of nitrogens with zero attached hydrogens (tertiary/aromatic N) is 2. The van der Waals surface area contributed by atoms with Crippen LogP contribution in [0.25, 0.3) is 119 Å². The lowest BCUT2D eigenvalue weighted by atomic mass is 9.93. The highest BCUT2D eigenvalue weighted by molar-refractivity contribution is 7.26. The van der Waals surface area contributed by atoms with Gasteiger partial charge in [-0.2, -0.15) is 0 Å². The van der Waals surface area contributed by atoms with Crippen LogP contribution in [-0.4, -0.2) is 9.97 Å². The minimum Gasteiger partial charge on any atom is -0.228 e. The van der Waals surface area contributed by atoms with E-state index in [0.717, 1.165) is 50.3 Å². The molecule has 3 aromatic heterocycles. The molecule has 9 aromatic carbocycles. The average molecular weight is 825 g/mol. The highest BCUT2D eigenvalue weighted by atomic mass is 32.1. The molecule has 0 unspecified atom stereocenters. The Balaban J connectivity index is 1.03. The molecule has 62 heavy (non-hydrogen) atoms. The summed E-state index contributed by atoms with van der Waals surface area (Å²) in [4.78, 5) is 10.6. The Bertz CT molecular complexity index is 3620. The maximum Gasteiger partial charge on any atom is 0.160 e. The molecule has 12 rings (SSSR count). The molecular weight excluding hydrogens is 789 g/mol. The molecule has 0 fully saturated rings. The lowest BCUT2D eigenvalue weighted by molar-refractivity contribution is 1.18. The standard InChI is InChI=1S/C58H36N2S2/c1-3-13-37(14-4-1)38-25-27-39(28-26-38)44-32-45(47-21-12-22-50-48-19-7-10-24-55(48)62-57(47)50)34-46(33-44)53-36-52(59-58(60-53)40-15-5-2-6-16-40)43-18-11-17-41(31-43)42-29-30-56-51(35-42)49-20-8-9-23-54(49)61-56/h1-36H. The van der Waals surface area contributed by atoms with Crippen LogP contribution in [-0.2, 0) is 0 Å². The molecule has 0 amide bonds. The third-order valence-electron chi connectivity index (χ3n) is 11.9. The van der Waals surface area contributed by atoms with Crippen LogP contribution >= 0.6 is 22.7 Å². The molecule has 0 radical (unpaired) electrons. The summed E-state index contributed by atoms with van der Waals surface area (Å²) in [5.74, 6) is 0.695. The predicted octanol–water partition coefficient (Wildman–Crippen LogP) is 16.9. The first kappa shape index (κ1) is 36.4. The molecule has 0 spiro atoms. The smallest absolute Gasteiger partial charge is 0.160 e. The van der Waals surface area contributed by atoms with Crippen molar-refractivity contribution in [3.05, 3.63) is 218 Å². The number of thiophene rings is 2. The maximum absolute atomic E-state index is 5.35. The van der Waals surface area contributed by atoms with E-state index >= 15 is 0 Å². The van der Waals surface area contributed by atoms with Gasteiger partial charge in [0.1, 0.15) is 0 Å². The Hall–Kier alpha value is -7.50. The van der Waals surface area contributed by atoms with E-state index in [2.05, 4.69) is 212 Å². The van der Waals surface area contributed by atoms with Crippen molar-refractivity contribution in [3.63, 3.8) is 0 Å². The van der Waals surface area contributed by atoms with Crippen LogP contribution in [0.3, 0.4) is 0 Å². The molecule has 2 nitrogen and oxygen atoms in total. The van der Waals surface area contributed by atoms with Gasteiger partial charge in [0, 0.05) is 57.0 Å². The molecule has 0 aliphatic carbocycles. The van der Waals surface area contributed by atoms with Gasteiger partial charge in [-0.25, -0.2) is 9.97 Å². The van der Waals surface area contributed by atoms with Crippen molar-refractivity contribution in [1.82, 2.24) is 9.97 Å². The zero-order chi connectivity index (χ0) is 41.0. The van der Waals surface area contributed by atoms with Gasteiger partial charge in [-0.3, -0.25) is 0 Å². The lowest BCUT2D eigenvalue weighted by Crippen LogP contribution is -1.97. The molecule has 0 aliphatic rings. The number of rotatable bonds is 7. The average Bonchev–Trinajstić information content (AvgIpc) is 3.93. The molecule has 0 saturated heterocycles. The summed E-state index contributed by atoms with van der Waals surface area (Å²) in [6.45, 7) is 0. The number of benzene rings is 9. The van der Waals surface area contributed by atoms with Gasteiger partial charge in [0.2, 0.25) is 0 Å². The van der Waals surface area contributed by atoms with Gasteiger partial charge in [-0.15, -0.1) is 22.7 Å². The van der Waals surface area contributed by atoms with E-state index in [9.17, 15) is 0 Å². The summed E-state index contributed by atoms with van der Waals surface area (Å²) in [5.41, 5.74) is 14.2.